The highest BCUT2D eigenvalue weighted by atomic mass is 79.9. The van der Waals surface area contributed by atoms with Gasteiger partial charge < -0.3 is 5.73 Å². The molecule has 4 nitrogen and oxygen atoms in total. The molecule has 3 N–H and O–H groups in total. The summed E-state index contributed by atoms with van der Waals surface area (Å²) >= 11 is 3.38. The van der Waals surface area contributed by atoms with E-state index in [2.05, 4.69) is 26.3 Å². The first kappa shape index (κ1) is 11.6. The Morgan fingerprint density at radius 1 is 1.57 bits per heavy atom. The van der Waals surface area contributed by atoms with E-state index in [9.17, 15) is 0 Å². The van der Waals surface area contributed by atoms with Crippen molar-refractivity contribution in [2.24, 2.45) is 5.73 Å². The molecule has 0 saturated carbocycles. The van der Waals surface area contributed by atoms with Crippen LogP contribution >= 0.6 is 15.9 Å². The maximum Gasteiger partial charge on any atom is 0.0602 e. The highest BCUT2D eigenvalue weighted by Crippen LogP contribution is 2.15. The van der Waals surface area contributed by atoms with Gasteiger partial charge >= 0.3 is 0 Å². The minimum absolute atomic E-state index is 0.106. The number of hydrogen-bond acceptors (Lipinski definition) is 4. The van der Waals surface area contributed by atoms with E-state index in [4.69, 9.17) is 5.73 Å². The molecular formula is C9H15BrN4. The Labute approximate surface area is 92.6 Å². The Hall–Kier alpha value is -0.490. The Morgan fingerprint density at radius 2 is 2.29 bits per heavy atom. The molecule has 0 saturated heterocycles. The average molecular weight is 259 g/mol. The van der Waals surface area contributed by atoms with Crippen molar-refractivity contribution >= 4 is 15.9 Å². The number of pyridine rings is 1. The topological polar surface area (TPSA) is 54.2 Å². The van der Waals surface area contributed by atoms with E-state index in [1.165, 1.54) is 0 Å². The molecule has 0 aromatic carbocycles. The molecule has 0 aliphatic heterocycles. The third-order valence-electron chi connectivity index (χ3n) is 1.78. The Bertz CT molecular complexity index is 290. The largest absolute Gasteiger partial charge is 0.329 e. The highest BCUT2D eigenvalue weighted by Gasteiger charge is 2.10. The molecule has 0 amide bonds. The molecular weight excluding hydrogens is 244 g/mol. The molecule has 1 unspecified atom stereocenters. The summed E-state index contributed by atoms with van der Waals surface area (Å²) in [6, 6.07) is 2.12. The monoisotopic (exact) mass is 258 g/mol. The zero-order valence-corrected chi connectivity index (χ0v) is 9.95. The SMILES string of the molecule is CN(C)NC(CN)c1cncc(Br)c1. The van der Waals surface area contributed by atoms with Gasteiger partial charge in [0, 0.05) is 37.5 Å². The summed E-state index contributed by atoms with van der Waals surface area (Å²) in [6.45, 7) is 0.538. The minimum atomic E-state index is 0.106. The van der Waals surface area contributed by atoms with Crippen molar-refractivity contribution in [1.82, 2.24) is 15.4 Å². The van der Waals surface area contributed by atoms with Crippen molar-refractivity contribution in [3.8, 4) is 0 Å². The molecule has 0 radical (unpaired) electrons. The van der Waals surface area contributed by atoms with Gasteiger partial charge in [0.25, 0.3) is 0 Å². The van der Waals surface area contributed by atoms with Crippen LogP contribution in [0.15, 0.2) is 22.9 Å². The predicted octanol–water partition coefficient (Wildman–Crippen LogP) is 0.910. The van der Waals surface area contributed by atoms with Crippen LogP contribution in [0.2, 0.25) is 0 Å². The lowest BCUT2D eigenvalue weighted by atomic mass is 10.1. The maximum atomic E-state index is 5.67. The van der Waals surface area contributed by atoms with Gasteiger partial charge in [0.15, 0.2) is 0 Å². The summed E-state index contributed by atoms with van der Waals surface area (Å²) in [5.41, 5.74) is 9.97. The molecule has 0 aliphatic rings. The second-order valence-corrected chi connectivity index (χ2v) is 4.16. The summed E-state index contributed by atoms with van der Waals surface area (Å²) in [5, 5.41) is 1.89. The standard InChI is InChI=1S/C9H15BrN4/c1-14(2)13-9(4-11)7-3-8(10)6-12-5-7/h3,5-6,9,13H,4,11H2,1-2H3. The molecule has 1 rings (SSSR count). The quantitative estimate of drug-likeness (QED) is 0.789. The first-order chi connectivity index (χ1) is 6.63. The van der Waals surface area contributed by atoms with Crippen LogP contribution in [0, 0.1) is 0 Å². The van der Waals surface area contributed by atoms with E-state index >= 15 is 0 Å². The fraction of sp³-hybridized carbons (Fsp3) is 0.444. The Kier molecular flexibility index (Phi) is 4.47. The van der Waals surface area contributed by atoms with E-state index in [1.54, 1.807) is 6.20 Å². The van der Waals surface area contributed by atoms with Crippen LogP contribution in [0.4, 0.5) is 0 Å². The predicted molar refractivity (Wildman–Crippen MR) is 60.6 cm³/mol. The zero-order chi connectivity index (χ0) is 10.6. The molecule has 14 heavy (non-hydrogen) atoms. The van der Waals surface area contributed by atoms with Gasteiger partial charge in [-0.1, -0.05) is 0 Å². The van der Waals surface area contributed by atoms with Crippen molar-refractivity contribution in [1.29, 1.82) is 0 Å². The molecule has 0 spiro atoms. The van der Waals surface area contributed by atoms with Crippen molar-refractivity contribution < 1.29 is 0 Å². The number of hydrazine groups is 1. The number of nitrogens with zero attached hydrogens (tertiary/aromatic N) is 2. The van der Waals surface area contributed by atoms with Crippen LogP contribution in [0.25, 0.3) is 0 Å². The summed E-state index contributed by atoms with van der Waals surface area (Å²) in [5.74, 6) is 0. The van der Waals surface area contributed by atoms with Crippen molar-refractivity contribution in [3.63, 3.8) is 0 Å². The maximum absolute atomic E-state index is 5.67. The van der Waals surface area contributed by atoms with Gasteiger partial charge in [0.1, 0.15) is 0 Å². The summed E-state index contributed by atoms with van der Waals surface area (Å²) in [6.07, 6.45) is 3.57. The van der Waals surface area contributed by atoms with E-state index in [-0.39, 0.29) is 6.04 Å². The van der Waals surface area contributed by atoms with Crippen molar-refractivity contribution in [3.05, 3.63) is 28.5 Å². The smallest absolute Gasteiger partial charge is 0.0602 e. The van der Waals surface area contributed by atoms with Gasteiger partial charge in [-0.15, -0.1) is 0 Å². The molecule has 78 valence electrons. The van der Waals surface area contributed by atoms with E-state index in [0.717, 1.165) is 10.0 Å². The molecule has 0 aliphatic carbocycles. The molecule has 0 bridgehead atoms. The van der Waals surface area contributed by atoms with Crippen molar-refractivity contribution in [2.75, 3.05) is 20.6 Å². The van der Waals surface area contributed by atoms with Crippen LogP contribution in [-0.4, -0.2) is 30.6 Å². The molecule has 0 fully saturated rings. The third kappa shape index (κ3) is 3.34. The van der Waals surface area contributed by atoms with Crippen LogP contribution in [-0.2, 0) is 0 Å². The minimum Gasteiger partial charge on any atom is -0.329 e. The fourth-order valence-corrected chi connectivity index (χ4v) is 1.58. The summed E-state index contributed by atoms with van der Waals surface area (Å²) in [4.78, 5) is 4.10. The van der Waals surface area contributed by atoms with E-state index in [0.29, 0.717) is 6.54 Å². The average Bonchev–Trinajstić information content (AvgIpc) is 2.14. The summed E-state index contributed by atoms with van der Waals surface area (Å²) < 4.78 is 0.967. The molecule has 1 atom stereocenters. The Morgan fingerprint density at radius 3 is 2.79 bits per heavy atom. The molecule has 1 heterocycles. The van der Waals surface area contributed by atoms with E-state index in [1.807, 2.05) is 31.4 Å². The van der Waals surface area contributed by atoms with Gasteiger partial charge in [0.05, 0.1) is 6.04 Å². The zero-order valence-electron chi connectivity index (χ0n) is 8.37. The van der Waals surface area contributed by atoms with E-state index < -0.39 is 0 Å². The number of halogens is 1. The summed E-state index contributed by atoms with van der Waals surface area (Å²) in [7, 11) is 3.88. The number of nitrogens with two attached hydrogens (primary N) is 1. The van der Waals surface area contributed by atoms with Crippen LogP contribution in [0.5, 0.6) is 0 Å². The first-order valence-corrected chi connectivity index (χ1v) is 5.16. The number of nitrogens with one attached hydrogen (secondary N) is 1. The lowest BCUT2D eigenvalue weighted by molar-refractivity contribution is 0.245. The van der Waals surface area contributed by atoms with Gasteiger partial charge in [-0.05, 0) is 27.6 Å². The van der Waals surface area contributed by atoms with Gasteiger partial charge in [-0.3, -0.25) is 4.98 Å². The third-order valence-corrected chi connectivity index (χ3v) is 2.21. The number of rotatable bonds is 4. The van der Waals surface area contributed by atoms with Crippen LogP contribution in [0.3, 0.4) is 0 Å². The fourth-order valence-electron chi connectivity index (χ4n) is 1.19. The highest BCUT2D eigenvalue weighted by molar-refractivity contribution is 9.10. The van der Waals surface area contributed by atoms with Crippen LogP contribution in [0.1, 0.15) is 11.6 Å². The first-order valence-electron chi connectivity index (χ1n) is 4.37. The molecule has 1 aromatic rings. The van der Waals surface area contributed by atoms with Gasteiger partial charge in [-0.2, -0.15) is 0 Å². The lowest BCUT2D eigenvalue weighted by Crippen LogP contribution is -2.38. The number of aromatic nitrogens is 1. The number of hydrogen-bond donors (Lipinski definition) is 2. The second kappa shape index (κ2) is 5.41. The molecule has 1 aromatic heterocycles. The van der Waals surface area contributed by atoms with Gasteiger partial charge in [0.2, 0.25) is 0 Å². The second-order valence-electron chi connectivity index (χ2n) is 3.25. The lowest BCUT2D eigenvalue weighted by Gasteiger charge is -2.21. The van der Waals surface area contributed by atoms with Crippen molar-refractivity contribution in [2.45, 2.75) is 6.04 Å². The Balaban J connectivity index is 2.78. The normalized spacial score (nSPS) is 13.2. The molecule has 5 heteroatoms. The van der Waals surface area contributed by atoms with Gasteiger partial charge in [-0.25, -0.2) is 10.4 Å². The van der Waals surface area contributed by atoms with Crippen LogP contribution < -0.4 is 11.2 Å².